The van der Waals surface area contributed by atoms with Crippen LogP contribution in [0, 0.1) is 0 Å². The van der Waals surface area contributed by atoms with Gasteiger partial charge in [0, 0.05) is 39.5 Å². The Morgan fingerprint density at radius 1 is 1.37 bits per heavy atom. The highest BCUT2D eigenvalue weighted by molar-refractivity contribution is 6.30. The van der Waals surface area contributed by atoms with Crippen molar-refractivity contribution in [3.05, 3.63) is 23.0 Å². The summed E-state index contributed by atoms with van der Waals surface area (Å²) in [6, 6.07) is 1.55. The van der Waals surface area contributed by atoms with Gasteiger partial charge in [-0.3, -0.25) is 4.79 Å². The van der Waals surface area contributed by atoms with E-state index in [-0.39, 0.29) is 5.91 Å². The van der Waals surface area contributed by atoms with E-state index < -0.39 is 0 Å². The first-order chi connectivity index (χ1) is 9.08. The highest BCUT2D eigenvalue weighted by Gasteiger charge is 2.22. The van der Waals surface area contributed by atoms with Crippen LogP contribution in [0.1, 0.15) is 10.5 Å². The molecule has 1 saturated heterocycles. The minimum Gasteiger partial charge on any atom is -0.400 e. The number of halogens is 1. The topological polar surface area (TPSA) is 82.7 Å². The van der Waals surface area contributed by atoms with E-state index in [0.29, 0.717) is 29.5 Å². The van der Waals surface area contributed by atoms with Gasteiger partial charge >= 0.3 is 0 Å². The molecule has 1 fully saturated rings. The minimum absolute atomic E-state index is 0.118. The second-order valence-corrected chi connectivity index (χ2v) is 4.62. The number of nitrogens with two attached hydrogens (primary N) is 1. The Balaban J connectivity index is 0.000000861. The molecule has 2 rings (SSSR count). The van der Waals surface area contributed by atoms with Gasteiger partial charge < -0.3 is 20.6 Å². The first-order valence-electron chi connectivity index (χ1n) is 5.91. The lowest BCUT2D eigenvalue weighted by Crippen LogP contribution is -2.47. The average molecular weight is 287 g/mol. The van der Waals surface area contributed by atoms with E-state index >= 15 is 0 Å². The summed E-state index contributed by atoms with van der Waals surface area (Å²) in [5.41, 5.74) is 6.38. The van der Waals surface area contributed by atoms with Crippen LogP contribution < -0.4 is 5.73 Å². The molecule has 19 heavy (non-hydrogen) atoms. The highest BCUT2D eigenvalue weighted by Crippen LogP contribution is 2.17. The van der Waals surface area contributed by atoms with Crippen LogP contribution in [0.15, 0.2) is 12.3 Å². The number of hydrogen-bond acceptors (Lipinski definition) is 5. The van der Waals surface area contributed by atoms with Crippen molar-refractivity contribution in [2.45, 2.75) is 0 Å². The van der Waals surface area contributed by atoms with Crippen molar-refractivity contribution in [1.29, 1.82) is 0 Å². The molecule has 0 unspecified atom stereocenters. The van der Waals surface area contributed by atoms with Gasteiger partial charge in [0.05, 0.1) is 10.7 Å². The molecule has 0 atom stereocenters. The van der Waals surface area contributed by atoms with Gasteiger partial charge in [-0.25, -0.2) is 4.98 Å². The number of pyridine rings is 1. The molecule has 0 radical (unpaired) electrons. The number of aromatic nitrogens is 1. The molecule has 0 aliphatic carbocycles. The Morgan fingerprint density at radius 2 is 1.95 bits per heavy atom. The van der Waals surface area contributed by atoms with Gasteiger partial charge in [-0.15, -0.1) is 0 Å². The molecule has 7 heteroatoms. The number of hydrogen-bond donors (Lipinski definition) is 2. The molecular formula is C12H19ClN4O2. The summed E-state index contributed by atoms with van der Waals surface area (Å²) in [6.45, 7) is 3.16. The number of likely N-dealkylation sites (N-methyl/N-ethyl adjacent to an activating group) is 1. The number of piperazine rings is 1. The van der Waals surface area contributed by atoms with Crippen LogP contribution in [0.3, 0.4) is 0 Å². The molecule has 1 amide bonds. The summed E-state index contributed by atoms with van der Waals surface area (Å²) in [7, 11) is 3.04. The SMILES string of the molecule is CN1CCN(C(=O)c2ncc(Cl)cc2N)CC1.CO. The zero-order valence-corrected chi connectivity index (χ0v) is 11.9. The first kappa shape index (κ1) is 15.7. The Morgan fingerprint density at radius 3 is 2.47 bits per heavy atom. The van der Waals surface area contributed by atoms with Crippen molar-refractivity contribution in [3.63, 3.8) is 0 Å². The monoisotopic (exact) mass is 286 g/mol. The zero-order valence-electron chi connectivity index (χ0n) is 11.1. The summed E-state index contributed by atoms with van der Waals surface area (Å²) < 4.78 is 0. The van der Waals surface area contributed by atoms with E-state index in [2.05, 4.69) is 9.88 Å². The van der Waals surface area contributed by atoms with Gasteiger partial charge in [0.2, 0.25) is 0 Å². The normalized spacial score (nSPS) is 15.7. The Hall–Kier alpha value is -1.37. The van der Waals surface area contributed by atoms with Gasteiger partial charge in [0.15, 0.2) is 5.69 Å². The number of nitrogens with zero attached hydrogens (tertiary/aromatic N) is 3. The first-order valence-corrected chi connectivity index (χ1v) is 6.29. The Kier molecular flexibility index (Phi) is 6.01. The number of amides is 1. The number of carbonyl (C=O) groups excluding carboxylic acids is 1. The molecule has 1 aromatic heterocycles. The van der Waals surface area contributed by atoms with Crippen LogP contribution in [-0.2, 0) is 0 Å². The molecule has 0 saturated carbocycles. The molecule has 1 aromatic rings. The van der Waals surface area contributed by atoms with Crippen molar-refractivity contribution in [2.75, 3.05) is 46.1 Å². The van der Waals surface area contributed by atoms with E-state index in [1.807, 2.05) is 7.05 Å². The number of anilines is 1. The van der Waals surface area contributed by atoms with Crippen LogP contribution in [-0.4, -0.2) is 66.1 Å². The largest absolute Gasteiger partial charge is 0.400 e. The van der Waals surface area contributed by atoms with E-state index in [0.717, 1.165) is 20.2 Å². The smallest absolute Gasteiger partial charge is 0.274 e. The van der Waals surface area contributed by atoms with Crippen LogP contribution >= 0.6 is 11.6 Å². The molecular weight excluding hydrogens is 268 g/mol. The Labute approximate surface area is 117 Å². The van der Waals surface area contributed by atoms with Crippen LogP contribution in [0.4, 0.5) is 5.69 Å². The highest BCUT2D eigenvalue weighted by atomic mass is 35.5. The number of nitrogen functional groups attached to an aromatic ring is 1. The number of carbonyl (C=O) groups is 1. The predicted molar refractivity (Wildman–Crippen MR) is 75.2 cm³/mol. The summed E-state index contributed by atoms with van der Waals surface area (Å²) in [5, 5.41) is 7.44. The van der Waals surface area contributed by atoms with Gasteiger partial charge in [-0.1, -0.05) is 11.6 Å². The Bertz CT molecular complexity index is 434. The fraction of sp³-hybridized carbons (Fsp3) is 0.500. The van der Waals surface area contributed by atoms with Gasteiger partial charge in [-0.2, -0.15) is 0 Å². The molecule has 6 nitrogen and oxygen atoms in total. The van der Waals surface area contributed by atoms with Crippen LogP contribution in [0.2, 0.25) is 5.02 Å². The van der Waals surface area contributed by atoms with Crippen molar-refractivity contribution in [2.24, 2.45) is 0 Å². The van der Waals surface area contributed by atoms with E-state index in [4.69, 9.17) is 22.4 Å². The maximum atomic E-state index is 12.2. The third kappa shape index (κ3) is 4.05. The van der Waals surface area contributed by atoms with E-state index in [1.54, 1.807) is 11.0 Å². The van der Waals surface area contributed by atoms with Crippen molar-refractivity contribution in [1.82, 2.24) is 14.8 Å². The quantitative estimate of drug-likeness (QED) is 0.777. The fourth-order valence-corrected chi connectivity index (χ4v) is 1.96. The standard InChI is InChI=1S/C11H15ClN4O.CH4O/c1-15-2-4-16(5-3-15)11(17)10-9(13)6-8(12)7-14-10;1-2/h6-7H,2-5,13H2,1H3;2H,1H3. The average Bonchev–Trinajstić information content (AvgIpc) is 2.41. The van der Waals surface area contributed by atoms with Crippen LogP contribution in [0.25, 0.3) is 0 Å². The predicted octanol–water partition coefficient (Wildman–Crippen LogP) is 0.313. The maximum absolute atomic E-state index is 12.2. The molecule has 3 N–H and O–H groups in total. The van der Waals surface area contributed by atoms with Gasteiger partial charge in [-0.05, 0) is 13.1 Å². The molecule has 0 bridgehead atoms. The lowest BCUT2D eigenvalue weighted by Gasteiger charge is -2.32. The van der Waals surface area contributed by atoms with E-state index in [9.17, 15) is 4.79 Å². The second-order valence-electron chi connectivity index (χ2n) is 4.19. The summed E-state index contributed by atoms with van der Waals surface area (Å²) in [4.78, 5) is 20.1. The van der Waals surface area contributed by atoms with Crippen molar-refractivity contribution < 1.29 is 9.90 Å². The summed E-state index contributed by atoms with van der Waals surface area (Å²) in [5.74, 6) is -0.118. The van der Waals surface area contributed by atoms with Crippen molar-refractivity contribution >= 4 is 23.2 Å². The van der Waals surface area contributed by atoms with E-state index in [1.165, 1.54) is 6.20 Å². The maximum Gasteiger partial charge on any atom is 0.274 e. The second kappa shape index (κ2) is 7.28. The lowest BCUT2D eigenvalue weighted by atomic mass is 10.2. The number of aliphatic hydroxyl groups excluding tert-OH is 1. The molecule has 2 heterocycles. The van der Waals surface area contributed by atoms with Gasteiger partial charge in [0.1, 0.15) is 0 Å². The minimum atomic E-state index is -0.118. The van der Waals surface area contributed by atoms with Crippen molar-refractivity contribution in [3.8, 4) is 0 Å². The number of rotatable bonds is 1. The zero-order chi connectivity index (χ0) is 14.4. The lowest BCUT2D eigenvalue weighted by molar-refractivity contribution is 0.0659. The summed E-state index contributed by atoms with van der Waals surface area (Å²) >= 11 is 5.75. The number of aliphatic hydroxyl groups is 1. The van der Waals surface area contributed by atoms with Gasteiger partial charge in [0.25, 0.3) is 5.91 Å². The molecule has 1 aliphatic heterocycles. The fourth-order valence-electron chi connectivity index (χ4n) is 1.79. The third-order valence-corrected chi connectivity index (χ3v) is 3.08. The third-order valence-electron chi connectivity index (χ3n) is 2.88. The molecule has 1 aliphatic rings. The molecule has 106 valence electrons. The summed E-state index contributed by atoms with van der Waals surface area (Å²) in [6.07, 6.45) is 1.45. The molecule has 0 aromatic carbocycles. The van der Waals surface area contributed by atoms with Crippen LogP contribution in [0.5, 0.6) is 0 Å². The molecule has 0 spiro atoms.